The van der Waals surface area contributed by atoms with Crippen molar-refractivity contribution in [1.82, 2.24) is 5.32 Å². The average Bonchev–Trinajstić information content (AvgIpc) is 3.17. The molecule has 0 unspecified atom stereocenters. The molecule has 0 radical (unpaired) electrons. The first-order valence-corrected chi connectivity index (χ1v) is 12.4. The van der Waals surface area contributed by atoms with E-state index in [9.17, 15) is 26.4 Å². The second kappa shape index (κ2) is 9.72. The normalized spacial score (nSPS) is 14.1. The Hall–Kier alpha value is -3.55. The minimum atomic E-state index is -5.24. The fourth-order valence-corrected chi connectivity index (χ4v) is 4.65. The second-order valence-corrected chi connectivity index (χ2v) is 9.94. The van der Waals surface area contributed by atoms with Crippen LogP contribution in [0.1, 0.15) is 0 Å². The zero-order valence-electron chi connectivity index (χ0n) is 18.5. The molecule has 1 aliphatic rings. The van der Waals surface area contributed by atoms with E-state index < -0.39 is 39.6 Å². The van der Waals surface area contributed by atoms with Crippen molar-refractivity contribution >= 4 is 50.6 Å². The molecule has 1 aliphatic heterocycles. The molecule has 0 fully saturated rings. The SMILES string of the molecule is COc1ccccc1NS(=O)(=O)c1cccc(NC(=O)NC2(C(F)(F)F)Oc3cc(Cl)c(Cl)cc3O2)c1. The van der Waals surface area contributed by atoms with Gasteiger partial charge in [0, 0.05) is 17.8 Å². The molecule has 2 amide bonds. The maximum atomic E-state index is 13.9. The van der Waals surface area contributed by atoms with E-state index in [0.717, 1.165) is 18.2 Å². The number of benzene rings is 3. The van der Waals surface area contributed by atoms with Gasteiger partial charge < -0.3 is 19.5 Å². The fraction of sp³-hybridized carbons (Fsp3) is 0.136. The Bertz CT molecular complexity index is 1440. The zero-order chi connectivity index (χ0) is 27.0. The summed E-state index contributed by atoms with van der Waals surface area (Å²) in [5.41, 5.74) is 0.0165. The summed E-state index contributed by atoms with van der Waals surface area (Å²) in [5, 5.41) is 3.54. The van der Waals surface area contributed by atoms with Crippen molar-refractivity contribution in [3.63, 3.8) is 0 Å². The van der Waals surface area contributed by atoms with E-state index in [4.69, 9.17) is 37.4 Å². The quantitative estimate of drug-likeness (QED) is 0.350. The highest BCUT2D eigenvalue weighted by Crippen LogP contribution is 2.48. The number of ether oxygens (including phenoxy) is 3. The van der Waals surface area contributed by atoms with Gasteiger partial charge in [0.2, 0.25) is 0 Å². The van der Waals surface area contributed by atoms with Gasteiger partial charge in [0.05, 0.1) is 27.7 Å². The number of anilines is 2. The van der Waals surface area contributed by atoms with Gasteiger partial charge in [-0.25, -0.2) is 13.2 Å². The van der Waals surface area contributed by atoms with Gasteiger partial charge in [-0.05, 0) is 30.3 Å². The molecular weight excluding hydrogens is 562 g/mol. The minimum absolute atomic E-state index is 0.0915. The highest BCUT2D eigenvalue weighted by Gasteiger charge is 2.66. The molecule has 0 bridgehead atoms. The van der Waals surface area contributed by atoms with E-state index in [1.165, 1.54) is 31.4 Å². The van der Waals surface area contributed by atoms with Crippen molar-refractivity contribution < 1.29 is 40.6 Å². The lowest BCUT2D eigenvalue weighted by Gasteiger charge is -2.29. The molecule has 0 aromatic heterocycles. The summed E-state index contributed by atoms with van der Waals surface area (Å²) >= 11 is 11.6. The molecule has 196 valence electrons. The summed E-state index contributed by atoms with van der Waals surface area (Å²) < 4.78 is 84.7. The Morgan fingerprint density at radius 1 is 0.973 bits per heavy atom. The maximum Gasteiger partial charge on any atom is 0.492 e. The van der Waals surface area contributed by atoms with Crippen LogP contribution in [0.25, 0.3) is 0 Å². The van der Waals surface area contributed by atoms with Gasteiger partial charge in [-0.3, -0.25) is 10.0 Å². The summed E-state index contributed by atoms with van der Waals surface area (Å²) in [7, 11) is -2.80. The molecule has 3 aromatic rings. The number of nitrogens with one attached hydrogen (secondary N) is 3. The van der Waals surface area contributed by atoms with Crippen LogP contribution >= 0.6 is 23.2 Å². The number of rotatable bonds is 6. The number of sulfonamides is 1. The summed E-state index contributed by atoms with van der Waals surface area (Å²) in [4.78, 5) is 12.2. The van der Waals surface area contributed by atoms with Gasteiger partial charge >= 0.3 is 18.1 Å². The maximum absolute atomic E-state index is 13.9. The first kappa shape index (κ1) is 26.5. The van der Waals surface area contributed by atoms with Crippen molar-refractivity contribution in [2.45, 2.75) is 17.0 Å². The third-order valence-corrected chi connectivity index (χ3v) is 6.98. The van der Waals surface area contributed by atoms with Gasteiger partial charge in [0.25, 0.3) is 10.0 Å². The van der Waals surface area contributed by atoms with Gasteiger partial charge in [0.1, 0.15) is 5.75 Å². The molecule has 37 heavy (non-hydrogen) atoms. The third kappa shape index (κ3) is 5.43. The Labute approximate surface area is 218 Å². The van der Waals surface area contributed by atoms with Crippen LogP contribution in [0.3, 0.4) is 0 Å². The van der Waals surface area contributed by atoms with Gasteiger partial charge in [0.15, 0.2) is 11.5 Å². The van der Waals surface area contributed by atoms with Crippen LogP contribution in [0, 0.1) is 0 Å². The van der Waals surface area contributed by atoms with E-state index in [1.54, 1.807) is 23.5 Å². The van der Waals surface area contributed by atoms with Gasteiger partial charge in [-0.15, -0.1) is 0 Å². The van der Waals surface area contributed by atoms with Crippen LogP contribution in [0.2, 0.25) is 10.0 Å². The number of hydrogen-bond donors (Lipinski definition) is 3. The lowest BCUT2D eigenvalue weighted by Crippen LogP contribution is -2.65. The number of carbonyl (C=O) groups is 1. The van der Waals surface area contributed by atoms with Crippen molar-refractivity contribution in [3.05, 3.63) is 70.7 Å². The van der Waals surface area contributed by atoms with Crippen LogP contribution in [-0.4, -0.2) is 33.6 Å². The summed E-state index contributed by atoms with van der Waals surface area (Å²) in [6, 6.07) is 11.7. The zero-order valence-corrected chi connectivity index (χ0v) is 20.8. The molecule has 0 saturated carbocycles. The van der Waals surface area contributed by atoms with Crippen molar-refractivity contribution in [3.8, 4) is 17.2 Å². The topological polar surface area (TPSA) is 115 Å². The van der Waals surface area contributed by atoms with Crippen LogP contribution in [-0.2, 0) is 10.0 Å². The molecule has 0 saturated heterocycles. The summed E-state index contributed by atoms with van der Waals surface area (Å²) in [6.07, 6.45) is -5.24. The summed E-state index contributed by atoms with van der Waals surface area (Å²) in [5.74, 6) is -4.13. The number of fused-ring (bicyclic) bond motifs is 1. The van der Waals surface area contributed by atoms with Crippen molar-refractivity contribution in [2.75, 3.05) is 17.1 Å². The minimum Gasteiger partial charge on any atom is -0.495 e. The molecular formula is C22H16Cl2F3N3O6S. The van der Waals surface area contributed by atoms with E-state index in [1.807, 2.05) is 0 Å². The molecule has 1 heterocycles. The Kier molecular flexibility index (Phi) is 6.97. The molecule has 9 nitrogen and oxygen atoms in total. The van der Waals surface area contributed by atoms with Crippen molar-refractivity contribution in [2.24, 2.45) is 0 Å². The number of para-hydroxylation sites is 2. The van der Waals surface area contributed by atoms with E-state index >= 15 is 0 Å². The number of amides is 2. The highest BCUT2D eigenvalue weighted by molar-refractivity contribution is 7.92. The fourth-order valence-electron chi connectivity index (χ4n) is 3.22. The molecule has 4 rings (SSSR count). The third-order valence-electron chi connectivity index (χ3n) is 4.90. The molecule has 0 atom stereocenters. The number of alkyl halides is 3. The predicted octanol–water partition coefficient (Wildman–Crippen LogP) is 5.61. The number of carbonyl (C=O) groups excluding carboxylic acids is 1. The number of hydrogen-bond acceptors (Lipinski definition) is 6. The van der Waals surface area contributed by atoms with Gasteiger partial charge in [-0.1, -0.05) is 41.4 Å². The number of methoxy groups -OCH3 is 1. The first-order valence-electron chi connectivity index (χ1n) is 10.1. The largest absolute Gasteiger partial charge is 0.495 e. The first-order chi connectivity index (χ1) is 17.3. The molecule has 3 N–H and O–H groups in total. The molecule has 0 spiro atoms. The Morgan fingerprint density at radius 2 is 1.59 bits per heavy atom. The van der Waals surface area contributed by atoms with Crippen LogP contribution < -0.4 is 29.6 Å². The van der Waals surface area contributed by atoms with E-state index in [2.05, 4.69) is 10.0 Å². The second-order valence-electron chi connectivity index (χ2n) is 7.44. The van der Waals surface area contributed by atoms with Crippen LogP contribution in [0.4, 0.5) is 29.3 Å². The summed E-state index contributed by atoms with van der Waals surface area (Å²) in [6.45, 7) is 0. The van der Waals surface area contributed by atoms with E-state index in [-0.39, 0.29) is 32.1 Å². The number of halogens is 5. The lowest BCUT2D eigenvalue weighted by atomic mass is 10.3. The molecule has 15 heteroatoms. The highest BCUT2D eigenvalue weighted by atomic mass is 35.5. The predicted molar refractivity (Wildman–Crippen MR) is 129 cm³/mol. The molecule has 0 aliphatic carbocycles. The average molecular weight is 578 g/mol. The van der Waals surface area contributed by atoms with Crippen LogP contribution in [0.5, 0.6) is 17.2 Å². The van der Waals surface area contributed by atoms with Crippen LogP contribution in [0.15, 0.2) is 65.6 Å². The monoisotopic (exact) mass is 577 g/mol. The van der Waals surface area contributed by atoms with Crippen molar-refractivity contribution in [1.29, 1.82) is 0 Å². The Balaban J connectivity index is 1.53. The van der Waals surface area contributed by atoms with E-state index in [0.29, 0.717) is 0 Å². The smallest absolute Gasteiger partial charge is 0.492 e. The molecule has 3 aromatic carbocycles. The van der Waals surface area contributed by atoms with Gasteiger partial charge in [-0.2, -0.15) is 13.2 Å². The number of urea groups is 1. The lowest BCUT2D eigenvalue weighted by molar-refractivity contribution is -0.317. The standard InChI is InChI=1S/C22H16Cl2F3N3O6S/c1-34-17-8-3-2-7-16(17)30-37(32,33)13-6-4-5-12(9-13)28-20(31)29-22(21(25,26)27)35-18-10-14(23)15(24)11-19(18)36-22/h2-11,30H,1H3,(H2,28,29,31). The Morgan fingerprint density at radius 3 is 2.19 bits per heavy atom.